The van der Waals surface area contributed by atoms with E-state index < -0.39 is 5.97 Å². The average Bonchev–Trinajstić information content (AvgIpc) is 2.69. The molecule has 16 heavy (non-hydrogen) atoms. The summed E-state index contributed by atoms with van der Waals surface area (Å²) in [5.74, 6) is 0.619. The van der Waals surface area contributed by atoms with Crippen LogP contribution in [-0.2, 0) is 4.79 Å². The second-order valence-electron chi connectivity index (χ2n) is 5.62. The zero-order valence-corrected chi connectivity index (χ0v) is 10.2. The first kappa shape index (κ1) is 11.9. The molecular weight excluding hydrogens is 202 g/mol. The standard InChI is InChI=1S/C13H23NO2/c1-10-5-7-14(8-6-10)9-11-3-2-4-12(11)13(15)16/h10-12H,2-9H2,1H3,(H,15,16). The number of carboxylic acids is 1. The highest BCUT2D eigenvalue weighted by molar-refractivity contribution is 5.70. The second kappa shape index (κ2) is 5.17. The van der Waals surface area contributed by atoms with Crippen molar-refractivity contribution in [1.82, 2.24) is 4.90 Å². The first-order valence-corrected chi connectivity index (χ1v) is 6.62. The van der Waals surface area contributed by atoms with Gasteiger partial charge >= 0.3 is 5.97 Å². The predicted octanol–water partition coefficient (Wildman–Crippen LogP) is 2.22. The van der Waals surface area contributed by atoms with Crippen LogP contribution >= 0.6 is 0 Å². The minimum Gasteiger partial charge on any atom is -0.481 e. The molecule has 0 amide bonds. The summed E-state index contributed by atoms with van der Waals surface area (Å²) in [6.07, 6.45) is 5.67. The van der Waals surface area contributed by atoms with E-state index in [0.717, 1.165) is 31.7 Å². The van der Waals surface area contributed by atoms with Gasteiger partial charge in [-0.3, -0.25) is 4.79 Å². The third-order valence-corrected chi connectivity index (χ3v) is 4.35. The zero-order chi connectivity index (χ0) is 11.5. The molecule has 92 valence electrons. The zero-order valence-electron chi connectivity index (χ0n) is 10.2. The molecule has 2 rings (SSSR count). The number of carbonyl (C=O) groups is 1. The molecule has 0 aromatic heterocycles. The van der Waals surface area contributed by atoms with Gasteiger partial charge in [-0.25, -0.2) is 0 Å². The molecule has 3 heteroatoms. The number of likely N-dealkylation sites (tertiary alicyclic amines) is 1. The minimum absolute atomic E-state index is 0.0700. The van der Waals surface area contributed by atoms with E-state index in [1.807, 2.05) is 0 Å². The molecule has 1 N–H and O–H groups in total. The molecule has 0 radical (unpaired) electrons. The average molecular weight is 225 g/mol. The van der Waals surface area contributed by atoms with Gasteiger partial charge in [0.25, 0.3) is 0 Å². The molecular formula is C13H23NO2. The largest absolute Gasteiger partial charge is 0.481 e. The summed E-state index contributed by atoms with van der Waals surface area (Å²) in [6.45, 7) is 5.67. The van der Waals surface area contributed by atoms with Crippen molar-refractivity contribution in [2.45, 2.75) is 39.0 Å². The number of hydrogen-bond acceptors (Lipinski definition) is 2. The van der Waals surface area contributed by atoms with E-state index in [0.29, 0.717) is 5.92 Å². The van der Waals surface area contributed by atoms with Crippen LogP contribution in [0.4, 0.5) is 0 Å². The van der Waals surface area contributed by atoms with Gasteiger partial charge in [-0.05, 0) is 50.6 Å². The molecule has 1 saturated carbocycles. The van der Waals surface area contributed by atoms with Crippen molar-refractivity contribution in [3.8, 4) is 0 Å². The molecule has 2 unspecified atom stereocenters. The summed E-state index contributed by atoms with van der Waals surface area (Å²) in [5.41, 5.74) is 0. The predicted molar refractivity (Wildman–Crippen MR) is 63.3 cm³/mol. The Morgan fingerprint density at radius 1 is 1.25 bits per heavy atom. The number of aliphatic carboxylic acids is 1. The van der Waals surface area contributed by atoms with Gasteiger partial charge in [0.1, 0.15) is 0 Å². The van der Waals surface area contributed by atoms with Gasteiger partial charge in [0, 0.05) is 6.54 Å². The molecule has 1 saturated heterocycles. The van der Waals surface area contributed by atoms with Crippen LogP contribution in [0.25, 0.3) is 0 Å². The van der Waals surface area contributed by atoms with Gasteiger partial charge in [-0.2, -0.15) is 0 Å². The first-order valence-electron chi connectivity index (χ1n) is 6.62. The molecule has 2 atom stereocenters. The fraction of sp³-hybridized carbons (Fsp3) is 0.923. The van der Waals surface area contributed by atoms with Crippen molar-refractivity contribution in [1.29, 1.82) is 0 Å². The van der Waals surface area contributed by atoms with Crippen LogP contribution in [0.1, 0.15) is 39.0 Å². The number of rotatable bonds is 3. The van der Waals surface area contributed by atoms with Crippen LogP contribution in [0.15, 0.2) is 0 Å². The van der Waals surface area contributed by atoms with E-state index in [-0.39, 0.29) is 5.92 Å². The quantitative estimate of drug-likeness (QED) is 0.800. The van der Waals surface area contributed by atoms with E-state index >= 15 is 0 Å². The molecule has 0 aromatic carbocycles. The molecule has 0 spiro atoms. The van der Waals surface area contributed by atoms with Crippen molar-refractivity contribution in [3.63, 3.8) is 0 Å². The van der Waals surface area contributed by atoms with Crippen LogP contribution in [0, 0.1) is 17.8 Å². The molecule has 0 aromatic rings. The fourth-order valence-corrected chi connectivity index (χ4v) is 3.16. The fourth-order valence-electron chi connectivity index (χ4n) is 3.16. The van der Waals surface area contributed by atoms with Gasteiger partial charge < -0.3 is 10.0 Å². The van der Waals surface area contributed by atoms with Crippen LogP contribution in [0.3, 0.4) is 0 Å². The molecule has 2 fully saturated rings. The summed E-state index contributed by atoms with van der Waals surface area (Å²) in [7, 11) is 0. The van der Waals surface area contributed by atoms with Crippen LogP contribution in [0.5, 0.6) is 0 Å². The number of carboxylic acid groups (broad SMARTS) is 1. The maximum Gasteiger partial charge on any atom is 0.306 e. The highest BCUT2D eigenvalue weighted by Gasteiger charge is 2.34. The summed E-state index contributed by atoms with van der Waals surface area (Å²) in [6, 6.07) is 0. The third-order valence-electron chi connectivity index (χ3n) is 4.35. The Kier molecular flexibility index (Phi) is 3.85. The lowest BCUT2D eigenvalue weighted by Gasteiger charge is -2.33. The monoisotopic (exact) mass is 225 g/mol. The summed E-state index contributed by atoms with van der Waals surface area (Å²) in [5, 5.41) is 9.14. The van der Waals surface area contributed by atoms with Crippen LogP contribution in [-0.4, -0.2) is 35.6 Å². The highest BCUT2D eigenvalue weighted by atomic mass is 16.4. The van der Waals surface area contributed by atoms with E-state index in [2.05, 4.69) is 11.8 Å². The first-order chi connectivity index (χ1) is 7.66. The SMILES string of the molecule is CC1CCN(CC2CCCC2C(=O)O)CC1. The molecule has 3 nitrogen and oxygen atoms in total. The smallest absolute Gasteiger partial charge is 0.306 e. The lowest BCUT2D eigenvalue weighted by molar-refractivity contribution is -0.143. The molecule has 1 aliphatic heterocycles. The molecule has 0 bridgehead atoms. The highest BCUT2D eigenvalue weighted by Crippen LogP contribution is 2.33. The molecule has 1 aliphatic carbocycles. The van der Waals surface area contributed by atoms with Crippen molar-refractivity contribution >= 4 is 5.97 Å². The molecule has 1 heterocycles. The van der Waals surface area contributed by atoms with Crippen LogP contribution < -0.4 is 0 Å². The Balaban J connectivity index is 1.82. The lowest BCUT2D eigenvalue weighted by Crippen LogP contribution is -2.38. The summed E-state index contributed by atoms with van der Waals surface area (Å²) >= 11 is 0. The van der Waals surface area contributed by atoms with E-state index in [1.54, 1.807) is 0 Å². The normalized spacial score (nSPS) is 33.1. The van der Waals surface area contributed by atoms with Gasteiger partial charge in [-0.1, -0.05) is 13.3 Å². The van der Waals surface area contributed by atoms with Gasteiger partial charge in [0.15, 0.2) is 0 Å². The van der Waals surface area contributed by atoms with Crippen molar-refractivity contribution in [3.05, 3.63) is 0 Å². The Hall–Kier alpha value is -0.570. The van der Waals surface area contributed by atoms with Crippen molar-refractivity contribution < 1.29 is 9.90 Å². The Bertz CT molecular complexity index is 246. The summed E-state index contributed by atoms with van der Waals surface area (Å²) < 4.78 is 0. The Morgan fingerprint density at radius 2 is 1.94 bits per heavy atom. The van der Waals surface area contributed by atoms with Crippen LogP contribution in [0.2, 0.25) is 0 Å². The number of hydrogen-bond donors (Lipinski definition) is 1. The van der Waals surface area contributed by atoms with E-state index in [9.17, 15) is 4.79 Å². The van der Waals surface area contributed by atoms with Gasteiger partial charge in [-0.15, -0.1) is 0 Å². The number of piperidine rings is 1. The minimum atomic E-state index is -0.576. The van der Waals surface area contributed by atoms with E-state index in [4.69, 9.17) is 5.11 Å². The summed E-state index contributed by atoms with van der Waals surface area (Å²) in [4.78, 5) is 13.6. The third kappa shape index (κ3) is 2.76. The Morgan fingerprint density at radius 3 is 2.56 bits per heavy atom. The maximum atomic E-state index is 11.1. The maximum absolute atomic E-state index is 11.1. The topological polar surface area (TPSA) is 40.5 Å². The lowest BCUT2D eigenvalue weighted by atomic mass is 9.93. The van der Waals surface area contributed by atoms with E-state index in [1.165, 1.54) is 25.9 Å². The molecule has 2 aliphatic rings. The van der Waals surface area contributed by atoms with Gasteiger partial charge in [0.2, 0.25) is 0 Å². The second-order valence-corrected chi connectivity index (χ2v) is 5.62. The van der Waals surface area contributed by atoms with Gasteiger partial charge in [0.05, 0.1) is 5.92 Å². The van der Waals surface area contributed by atoms with Crippen molar-refractivity contribution in [2.75, 3.05) is 19.6 Å². The Labute approximate surface area is 97.8 Å². The number of nitrogens with zero attached hydrogens (tertiary/aromatic N) is 1. The van der Waals surface area contributed by atoms with Crippen molar-refractivity contribution in [2.24, 2.45) is 17.8 Å².